The molecule has 7 nitrogen and oxygen atoms in total. The summed E-state index contributed by atoms with van der Waals surface area (Å²) in [4.78, 5) is 32.4. The molecule has 0 aliphatic rings. The molecule has 8 heteroatoms. The number of carboxylic acid groups (broad SMARTS) is 1. The number of carbonyl (C=O) groups excluding carboxylic acids is 2. The molecule has 2 atom stereocenters. The largest absolute Gasteiger partial charge is 0.480 e. The minimum atomic E-state index is -2.94. The van der Waals surface area contributed by atoms with E-state index in [4.69, 9.17) is 20.1 Å². The van der Waals surface area contributed by atoms with E-state index in [0.29, 0.717) is 0 Å². The third-order valence-corrected chi connectivity index (χ3v) is 2.61. The molecule has 92 valence electrons. The van der Waals surface area contributed by atoms with Crippen LogP contribution in [0.1, 0.15) is 11.0 Å². The van der Waals surface area contributed by atoms with Crippen molar-refractivity contribution in [2.24, 2.45) is 5.73 Å². The molecule has 5 N–H and O–H groups in total. The zero-order valence-corrected chi connectivity index (χ0v) is 8.99. The number of rotatable bonds is 7. The number of nitrogens with two attached hydrogens (primary N) is 1. The van der Waals surface area contributed by atoms with Crippen molar-refractivity contribution in [1.82, 2.24) is 5.32 Å². The molecule has 0 saturated heterocycles. The van der Waals surface area contributed by atoms with Gasteiger partial charge in [0.25, 0.3) is 0 Å². The number of aliphatic hydroxyl groups excluding tert-OH is 1. The van der Waals surface area contributed by atoms with Crippen LogP contribution >= 0.6 is 11.8 Å². The van der Waals surface area contributed by atoms with Gasteiger partial charge in [0.15, 0.2) is 0 Å². The van der Waals surface area contributed by atoms with Gasteiger partial charge in [0, 0.05) is 22.5 Å². The van der Waals surface area contributed by atoms with Crippen molar-refractivity contribution in [3.05, 3.63) is 0 Å². The molecule has 0 fully saturated rings. The topological polar surface area (TPSA) is 130 Å². The van der Waals surface area contributed by atoms with Crippen LogP contribution < -0.4 is 11.1 Å². The van der Waals surface area contributed by atoms with E-state index in [1.807, 2.05) is 5.32 Å². The monoisotopic (exact) mass is 253 g/mol. The van der Waals surface area contributed by atoms with Crippen LogP contribution in [0.15, 0.2) is 0 Å². The predicted molar refractivity (Wildman–Crippen MR) is 57.8 cm³/mol. The van der Waals surface area contributed by atoms with Gasteiger partial charge in [-0.05, 0) is 0 Å². The summed E-state index contributed by atoms with van der Waals surface area (Å²) in [5, 5.41) is 19.7. The van der Waals surface area contributed by atoms with Crippen molar-refractivity contribution < 1.29 is 28.7 Å². The van der Waals surface area contributed by atoms with Crippen molar-refractivity contribution in [1.29, 1.82) is 0 Å². The normalized spacial score (nSPS) is 17.4. The summed E-state index contributed by atoms with van der Waals surface area (Å²) < 4.78 is 20.4. The lowest BCUT2D eigenvalue weighted by atomic mass is 10.3. The number of aliphatic hydroxyl groups is 1. The lowest BCUT2D eigenvalue weighted by Gasteiger charge is -2.13. The van der Waals surface area contributed by atoms with Crippen LogP contribution in [0.25, 0.3) is 0 Å². The standard InChI is InChI=1S/C8H14N2O5S/c1-4(11)10-5(8(14)15)2-16-3-6(12)7(9)13/h5-6,12H,2-3H2,1H3,(H2,9,13)(H,10,11)(H,14,15)/t5-,6?/m0/s1/i1D3. The number of nitrogens with one attached hydrogen (secondary N) is 1. The average Bonchev–Trinajstić information content (AvgIpc) is 2.25. The van der Waals surface area contributed by atoms with Crippen molar-refractivity contribution >= 4 is 29.5 Å². The molecule has 0 aliphatic heterocycles. The maximum absolute atomic E-state index is 11.1. The second-order valence-electron chi connectivity index (χ2n) is 2.82. The van der Waals surface area contributed by atoms with Crippen LogP contribution in [-0.4, -0.2) is 51.6 Å². The first-order chi connectivity index (χ1) is 8.55. The first kappa shape index (κ1) is 9.91. The van der Waals surface area contributed by atoms with Gasteiger partial charge >= 0.3 is 5.97 Å². The first-order valence-electron chi connectivity index (χ1n) is 5.64. The van der Waals surface area contributed by atoms with E-state index in [2.05, 4.69) is 0 Å². The number of carbonyl (C=O) groups is 3. The van der Waals surface area contributed by atoms with Crippen molar-refractivity contribution in [3.8, 4) is 0 Å². The number of primary amides is 1. The molecule has 16 heavy (non-hydrogen) atoms. The Hall–Kier alpha value is -1.28. The molecule has 0 aromatic carbocycles. The minimum absolute atomic E-state index is 0.150. The quantitative estimate of drug-likeness (QED) is 0.421. The van der Waals surface area contributed by atoms with Crippen molar-refractivity contribution in [2.45, 2.75) is 19.0 Å². The molecular formula is C8H14N2O5S. The Morgan fingerprint density at radius 1 is 1.50 bits per heavy atom. The minimum Gasteiger partial charge on any atom is -0.480 e. The second kappa shape index (κ2) is 7.07. The number of thioether (sulfide) groups is 1. The molecule has 0 aliphatic carbocycles. The third kappa shape index (κ3) is 6.25. The highest BCUT2D eigenvalue weighted by Crippen LogP contribution is 2.05. The summed E-state index contributed by atoms with van der Waals surface area (Å²) >= 11 is 0.849. The van der Waals surface area contributed by atoms with Crippen LogP contribution in [0.5, 0.6) is 0 Å². The SMILES string of the molecule is [2H]C([2H])([2H])C(=O)N[C@@H](CSCC(O)C(N)=O)C(=O)O. The van der Waals surface area contributed by atoms with Crippen LogP contribution in [0.4, 0.5) is 0 Å². The van der Waals surface area contributed by atoms with Gasteiger partial charge in [0.05, 0.1) is 0 Å². The van der Waals surface area contributed by atoms with Crippen LogP contribution in [-0.2, 0) is 14.4 Å². The molecule has 1 unspecified atom stereocenters. The molecule has 0 rings (SSSR count). The molecule has 0 spiro atoms. The molecule has 0 heterocycles. The Morgan fingerprint density at radius 3 is 2.56 bits per heavy atom. The van der Waals surface area contributed by atoms with Crippen LogP contribution in [0, 0.1) is 0 Å². The Kier molecular flexibility index (Phi) is 4.38. The first-order valence-corrected chi connectivity index (χ1v) is 5.30. The van der Waals surface area contributed by atoms with E-state index in [0.717, 1.165) is 11.8 Å². The van der Waals surface area contributed by atoms with Gasteiger partial charge in [-0.1, -0.05) is 0 Å². The van der Waals surface area contributed by atoms with Crippen LogP contribution in [0.2, 0.25) is 0 Å². The lowest BCUT2D eigenvalue weighted by Crippen LogP contribution is -2.42. The maximum atomic E-state index is 11.1. The summed E-state index contributed by atoms with van der Waals surface area (Å²) in [7, 11) is 0. The van der Waals surface area contributed by atoms with E-state index < -0.39 is 36.8 Å². The molecule has 2 amide bonds. The van der Waals surface area contributed by atoms with Gasteiger partial charge in [-0.15, -0.1) is 0 Å². The lowest BCUT2D eigenvalue weighted by molar-refractivity contribution is -0.140. The number of hydrogen-bond acceptors (Lipinski definition) is 5. The third-order valence-electron chi connectivity index (χ3n) is 1.49. The van der Waals surface area contributed by atoms with E-state index in [9.17, 15) is 14.4 Å². The number of aliphatic carboxylic acids is 1. The van der Waals surface area contributed by atoms with Gasteiger partial charge in [-0.25, -0.2) is 4.79 Å². The van der Waals surface area contributed by atoms with E-state index in [-0.39, 0.29) is 11.5 Å². The van der Waals surface area contributed by atoms with Crippen molar-refractivity contribution in [3.63, 3.8) is 0 Å². The summed E-state index contributed by atoms with van der Waals surface area (Å²) in [6, 6.07) is -1.43. The highest BCUT2D eigenvalue weighted by atomic mass is 32.2. The molecule has 0 saturated carbocycles. The van der Waals surface area contributed by atoms with Crippen molar-refractivity contribution in [2.75, 3.05) is 11.5 Å². The van der Waals surface area contributed by atoms with E-state index in [1.54, 1.807) is 0 Å². The number of carboxylic acids is 1. The smallest absolute Gasteiger partial charge is 0.327 e. The predicted octanol–water partition coefficient (Wildman–Crippen LogP) is -1.84. The highest BCUT2D eigenvalue weighted by Gasteiger charge is 2.19. The zero-order chi connectivity index (χ0) is 15.2. The Morgan fingerprint density at radius 2 is 2.12 bits per heavy atom. The molecule has 0 aromatic rings. The van der Waals surface area contributed by atoms with E-state index in [1.165, 1.54) is 0 Å². The molecule has 0 bridgehead atoms. The summed E-state index contributed by atoms with van der Waals surface area (Å²) in [5.41, 5.74) is 4.79. The summed E-state index contributed by atoms with van der Waals surface area (Å²) in [6.07, 6.45) is -1.43. The zero-order valence-electron chi connectivity index (χ0n) is 11.2. The fraction of sp³-hybridized carbons (Fsp3) is 0.625. The Labute approximate surface area is 101 Å². The molecule has 0 radical (unpaired) electrons. The maximum Gasteiger partial charge on any atom is 0.327 e. The van der Waals surface area contributed by atoms with Crippen LogP contribution in [0.3, 0.4) is 0 Å². The summed E-state index contributed by atoms with van der Waals surface area (Å²) in [6.45, 7) is -2.94. The molecular weight excluding hydrogens is 236 g/mol. The van der Waals surface area contributed by atoms with Gasteiger partial charge < -0.3 is 21.3 Å². The van der Waals surface area contributed by atoms with E-state index >= 15 is 0 Å². The number of hydrogen-bond donors (Lipinski definition) is 4. The van der Waals surface area contributed by atoms with Gasteiger partial charge in [0.2, 0.25) is 11.8 Å². The Balaban J connectivity index is 4.33. The fourth-order valence-electron chi connectivity index (χ4n) is 0.713. The highest BCUT2D eigenvalue weighted by molar-refractivity contribution is 7.99. The summed E-state index contributed by atoms with van der Waals surface area (Å²) in [5.74, 6) is -4.11. The Bertz CT molecular complexity index is 363. The van der Waals surface area contributed by atoms with Gasteiger partial charge in [-0.2, -0.15) is 11.8 Å². The van der Waals surface area contributed by atoms with Gasteiger partial charge in [-0.3, -0.25) is 9.59 Å². The molecule has 0 aromatic heterocycles. The average molecular weight is 253 g/mol. The van der Waals surface area contributed by atoms with Gasteiger partial charge in [0.1, 0.15) is 12.1 Å². The second-order valence-corrected chi connectivity index (χ2v) is 3.89. The number of amides is 2. The fourth-order valence-corrected chi connectivity index (χ4v) is 1.70.